The first-order chi connectivity index (χ1) is 18.7. The van der Waals surface area contributed by atoms with Crippen LogP contribution in [0.4, 0.5) is 8.78 Å². The second kappa shape index (κ2) is 10.7. The highest BCUT2D eigenvalue weighted by molar-refractivity contribution is 8.14. The molecule has 0 aliphatic heterocycles. The minimum absolute atomic E-state index is 0.00594. The van der Waals surface area contributed by atoms with Gasteiger partial charge in [0.15, 0.2) is 23.7 Å². The number of aliphatic hydroxyl groups excluding tert-OH is 1. The molecule has 4 rings (SSSR count). The molecular weight excluding hydrogens is 542 g/mol. The summed E-state index contributed by atoms with van der Waals surface area (Å²) in [5.41, 5.74) is -6.72. The summed E-state index contributed by atoms with van der Waals surface area (Å²) in [6.07, 6.45) is 0.323. The zero-order valence-electron chi connectivity index (χ0n) is 23.4. The van der Waals surface area contributed by atoms with Crippen molar-refractivity contribution in [3.8, 4) is 11.8 Å². The van der Waals surface area contributed by atoms with Crippen molar-refractivity contribution in [1.82, 2.24) is 0 Å². The van der Waals surface area contributed by atoms with Crippen LogP contribution in [0, 0.1) is 40.4 Å². The zero-order valence-corrected chi connectivity index (χ0v) is 24.2. The second-order valence-corrected chi connectivity index (χ2v) is 12.7. The number of thioether (sulfide) groups is 1. The highest BCUT2D eigenvalue weighted by Crippen LogP contribution is 2.72. The predicted octanol–water partition coefficient (Wildman–Crippen LogP) is 4.07. The van der Waals surface area contributed by atoms with E-state index in [2.05, 4.69) is 11.8 Å². The van der Waals surface area contributed by atoms with Crippen LogP contribution >= 0.6 is 11.8 Å². The molecule has 0 unspecified atom stereocenters. The number of ether oxygens (including phenoxy) is 2. The topological polar surface area (TPSA) is 107 Å². The van der Waals surface area contributed by atoms with E-state index in [9.17, 15) is 24.3 Å². The van der Waals surface area contributed by atoms with Crippen LogP contribution < -0.4 is 0 Å². The van der Waals surface area contributed by atoms with Crippen LogP contribution in [-0.4, -0.2) is 63.8 Å². The van der Waals surface area contributed by atoms with Gasteiger partial charge in [0.1, 0.15) is 6.17 Å². The lowest BCUT2D eigenvalue weighted by molar-refractivity contribution is -0.228. The standard InChI is InChI=1S/C30H36F2O7S/c1-6-25(36)39-30(26(37)40-12-8-7-11-38-18(3)33)17(2)13-20-21-15-23(31)22-14-19(34)9-10-27(22,4)29(21,32)24(35)16-28(20,30)5/h9-10,14,17,20-21,23-24,35H,6,11-13,15-16H2,1-5H3/t17-,20+,21+,23+,24+,27+,28+,29+,30+/m1/s1. The summed E-state index contributed by atoms with van der Waals surface area (Å²) in [4.78, 5) is 49.7. The number of hydrogen-bond donors (Lipinski definition) is 1. The minimum Gasteiger partial charge on any atom is -0.453 e. The maximum absolute atomic E-state index is 17.5. The van der Waals surface area contributed by atoms with Crippen LogP contribution in [0.25, 0.3) is 0 Å². The van der Waals surface area contributed by atoms with Gasteiger partial charge in [-0.3, -0.25) is 19.2 Å². The molecule has 0 amide bonds. The Hall–Kier alpha value is -2.51. The summed E-state index contributed by atoms with van der Waals surface area (Å²) in [7, 11) is 0. The highest BCUT2D eigenvalue weighted by Gasteiger charge is 2.78. The number of hydrogen-bond acceptors (Lipinski definition) is 8. The number of esters is 2. The zero-order chi connectivity index (χ0) is 29.7. The summed E-state index contributed by atoms with van der Waals surface area (Å²) in [6, 6.07) is 0. The Kier molecular flexibility index (Phi) is 8.16. The van der Waals surface area contributed by atoms with Crippen molar-refractivity contribution in [3.05, 3.63) is 23.8 Å². The lowest BCUT2D eigenvalue weighted by atomic mass is 9.44. The smallest absolute Gasteiger partial charge is 0.306 e. The maximum Gasteiger partial charge on any atom is 0.306 e. The van der Waals surface area contributed by atoms with Gasteiger partial charge in [-0.1, -0.05) is 50.4 Å². The second-order valence-electron chi connectivity index (χ2n) is 11.8. The SMILES string of the molecule is CCC(=O)O[C@]1(C(=O)SCC#CCOC(C)=O)[C@H](C)C[C@H]2[C@@H]3C[C@H](F)C4=CC(=O)C=C[C@]4(C)[C@@]3(F)[C@@H](O)C[C@@]21C. The number of halogens is 2. The van der Waals surface area contributed by atoms with E-state index in [1.54, 1.807) is 20.8 Å². The Morgan fingerprint density at radius 3 is 2.55 bits per heavy atom. The van der Waals surface area contributed by atoms with Crippen LogP contribution in [0.1, 0.15) is 60.3 Å². The van der Waals surface area contributed by atoms with E-state index in [1.807, 2.05) is 0 Å². The molecule has 0 heterocycles. The average Bonchev–Trinajstić information content (AvgIpc) is 3.10. The van der Waals surface area contributed by atoms with Crippen molar-refractivity contribution in [3.63, 3.8) is 0 Å². The van der Waals surface area contributed by atoms with Crippen LogP contribution in [-0.2, 0) is 28.7 Å². The van der Waals surface area contributed by atoms with Gasteiger partial charge in [0, 0.05) is 36.0 Å². The van der Waals surface area contributed by atoms with E-state index < -0.39 is 75.0 Å². The molecule has 1 N–H and O–H groups in total. The molecule has 0 aromatic carbocycles. The van der Waals surface area contributed by atoms with Gasteiger partial charge in [-0.05, 0) is 49.8 Å². The van der Waals surface area contributed by atoms with E-state index in [-0.39, 0.29) is 43.6 Å². The third-order valence-corrected chi connectivity index (χ3v) is 10.6. The number of fused-ring (bicyclic) bond motifs is 5. The maximum atomic E-state index is 17.5. The van der Waals surface area contributed by atoms with E-state index >= 15 is 8.78 Å². The average molecular weight is 579 g/mol. The Morgan fingerprint density at radius 1 is 1.20 bits per heavy atom. The molecule has 40 heavy (non-hydrogen) atoms. The van der Waals surface area contributed by atoms with Crippen molar-refractivity contribution in [2.24, 2.45) is 28.6 Å². The van der Waals surface area contributed by atoms with Gasteiger partial charge in [-0.15, -0.1) is 0 Å². The Morgan fingerprint density at radius 2 is 1.90 bits per heavy atom. The van der Waals surface area contributed by atoms with Crippen molar-refractivity contribution >= 4 is 34.6 Å². The van der Waals surface area contributed by atoms with Gasteiger partial charge in [-0.2, -0.15) is 0 Å². The molecule has 0 aromatic heterocycles. The lowest BCUT2D eigenvalue weighted by Gasteiger charge is -2.63. The van der Waals surface area contributed by atoms with Gasteiger partial charge in [-0.25, -0.2) is 8.78 Å². The van der Waals surface area contributed by atoms with Gasteiger partial charge in [0.2, 0.25) is 5.12 Å². The molecule has 0 spiro atoms. The quantitative estimate of drug-likeness (QED) is 0.385. The largest absolute Gasteiger partial charge is 0.453 e. The molecule has 9 atom stereocenters. The number of carbonyl (C=O) groups excluding carboxylic acids is 4. The summed E-state index contributed by atoms with van der Waals surface area (Å²) >= 11 is 0.852. The van der Waals surface area contributed by atoms with Gasteiger partial charge >= 0.3 is 11.9 Å². The molecule has 0 saturated heterocycles. The lowest BCUT2D eigenvalue weighted by Crippen LogP contribution is -2.70. The highest BCUT2D eigenvalue weighted by atomic mass is 32.2. The molecule has 218 valence electrons. The first-order valence-electron chi connectivity index (χ1n) is 13.6. The minimum atomic E-state index is -2.30. The van der Waals surface area contributed by atoms with E-state index in [4.69, 9.17) is 9.47 Å². The Bertz CT molecular complexity index is 1240. The molecule has 0 bridgehead atoms. The van der Waals surface area contributed by atoms with E-state index in [0.29, 0.717) is 0 Å². The van der Waals surface area contributed by atoms with Crippen LogP contribution in [0.15, 0.2) is 23.8 Å². The number of ketones is 1. The number of aliphatic hydroxyl groups is 1. The van der Waals surface area contributed by atoms with Crippen LogP contribution in [0.3, 0.4) is 0 Å². The molecule has 10 heteroatoms. The number of alkyl halides is 2. The molecule has 7 nitrogen and oxygen atoms in total. The summed E-state index contributed by atoms with van der Waals surface area (Å²) in [5, 5.41) is 11.1. The molecule has 4 aliphatic carbocycles. The first kappa shape index (κ1) is 30.4. The number of carbonyl (C=O) groups is 4. The predicted molar refractivity (Wildman–Crippen MR) is 144 cm³/mol. The Labute approximate surface area is 237 Å². The van der Waals surface area contributed by atoms with Crippen molar-refractivity contribution in [2.45, 2.75) is 83.8 Å². The fourth-order valence-corrected chi connectivity index (χ4v) is 8.91. The van der Waals surface area contributed by atoms with Gasteiger partial charge < -0.3 is 14.6 Å². The third-order valence-electron chi connectivity index (χ3n) is 9.78. The van der Waals surface area contributed by atoms with Crippen LogP contribution in [0.5, 0.6) is 0 Å². The fraction of sp³-hybridized carbons (Fsp3) is 0.667. The van der Waals surface area contributed by atoms with Crippen LogP contribution in [0.2, 0.25) is 0 Å². The molecular formula is C30H36F2O7S. The normalized spacial score (nSPS) is 41.5. The fourth-order valence-electron chi connectivity index (χ4n) is 7.92. The monoisotopic (exact) mass is 578 g/mol. The third kappa shape index (κ3) is 4.35. The van der Waals surface area contributed by atoms with E-state index in [0.717, 1.165) is 17.8 Å². The Balaban J connectivity index is 1.74. The van der Waals surface area contributed by atoms with Gasteiger partial charge in [0.05, 0.1) is 11.9 Å². The molecule has 0 aromatic rings. The molecule has 3 fully saturated rings. The van der Waals surface area contributed by atoms with Crippen molar-refractivity contribution in [2.75, 3.05) is 12.4 Å². The number of rotatable bonds is 5. The molecule has 4 aliphatic rings. The first-order valence-corrected chi connectivity index (χ1v) is 14.6. The van der Waals surface area contributed by atoms with Crippen molar-refractivity contribution < 1.29 is 42.5 Å². The van der Waals surface area contributed by atoms with E-state index in [1.165, 1.54) is 26.0 Å². The van der Waals surface area contributed by atoms with Crippen molar-refractivity contribution in [1.29, 1.82) is 0 Å². The summed E-state index contributed by atoms with van der Waals surface area (Å²) in [5.74, 6) is 1.80. The molecule has 0 radical (unpaired) electrons. The number of allylic oxidation sites excluding steroid dienone is 4. The summed E-state index contributed by atoms with van der Waals surface area (Å²) < 4.78 is 44.0. The van der Waals surface area contributed by atoms with Gasteiger partial charge in [0.25, 0.3) is 0 Å². The summed E-state index contributed by atoms with van der Waals surface area (Å²) in [6.45, 7) is 7.77. The molecule has 3 saturated carbocycles.